The monoisotopic (exact) mass is 560 g/mol. The van der Waals surface area contributed by atoms with E-state index < -0.39 is 11.7 Å². The van der Waals surface area contributed by atoms with Gasteiger partial charge in [-0.25, -0.2) is 9.18 Å². The van der Waals surface area contributed by atoms with Gasteiger partial charge in [-0.05, 0) is 56.7 Å². The Morgan fingerprint density at radius 3 is 2.26 bits per heavy atom. The van der Waals surface area contributed by atoms with Crippen molar-refractivity contribution in [1.82, 2.24) is 14.7 Å². The van der Waals surface area contributed by atoms with Crippen LogP contribution in [0.3, 0.4) is 0 Å². The largest absolute Gasteiger partial charge is 0.482 e. The van der Waals surface area contributed by atoms with Crippen molar-refractivity contribution in [3.8, 4) is 5.75 Å². The Labute approximate surface area is 232 Å². The van der Waals surface area contributed by atoms with Gasteiger partial charge < -0.3 is 24.6 Å². The van der Waals surface area contributed by atoms with Gasteiger partial charge in [0.2, 0.25) is 5.91 Å². The second-order valence-corrected chi connectivity index (χ2v) is 11.4. The van der Waals surface area contributed by atoms with Crippen molar-refractivity contribution in [2.75, 3.05) is 38.1 Å². The molecule has 0 aliphatic carbocycles. The van der Waals surface area contributed by atoms with E-state index >= 15 is 0 Å². The van der Waals surface area contributed by atoms with Crippen molar-refractivity contribution in [1.29, 1.82) is 0 Å². The minimum Gasteiger partial charge on any atom is -0.482 e. The Morgan fingerprint density at radius 1 is 1.03 bits per heavy atom. The number of ether oxygens (including phenoxy) is 2. The maximum atomic E-state index is 13.5. The van der Waals surface area contributed by atoms with Crippen molar-refractivity contribution >= 4 is 35.2 Å². The van der Waals surface area contributed by atoms with Crippen molar-refractivity contribution in [2.24, 2.45) is 0 Å². The van der Waals surface area contributed by atoms with Gasteiger partial charge in [0.15, 0.2) is 6.61 Å². The van der Waals surface area contributed by atoms with Crippen LogP contribution in [-0.2, 0) is 20.9 Å². The van der Waals surface area contributed by atoms with Crippen LogP contribution in [0.15, 0.2) is 42.5 Å². The first-order valence-electron chi connectivity index (χ1n) is 12.8. The average Bonchev–Trinajstić information content (AvgIpc) is 2.82. The van der Waals surface area contributed by atoms with Gasteiger partial charge in [0.1, 0.15) is 17.2 Å². The van der Waals surface area contributed by atoms with E-state index in [4.69, 9.17) is 21.1 Å². The van der Waals surface area contributed by atoms with Gasteiger partial charge in [0, 0.05) is 44.7 Å². The van der Waals surface area contributed by atoms with Crippen molar-refractivity contribution in [3.63, 3.8) is 0 Å². The zero-order valence-electron chi connectivity index (χ0n) is 22.6. The zero-order chi connectivity index (χ0) is 28.3. The van der Waals surface area contributed by atoms with Gasteiger partial charge in [0.05, 0.1) is 17.8 Å². The molecule has 2 fully saturated rings. The molecule has 2 aromatic rings. The third kappa shape index (κ3) is 7.60. The highest BCUT2D eigenvalue weighted by Gasteiger charge is 2.44. The molecule has 9 nitrogen and oxygen atoms in total. The van der Waals surface area contributed by atoms with E-state index in [1.807, 2.05) is 20.8 Å². The quantitative estimate of drug-likeness (QED) is 0.571. The first-order valence-corrected chi connectivity index (χ1v) is 13.2. The van der Waals surface area contributed by atoms with Crippen LogP contribution < -0.4 is 10.1 Å². The molecule has 2 unspecified atom stereocenters. The van der Waals surface area contributed by atoms with Gasteiger partial charge in [-0.1, -0.05) is 23.7 Å². The van der Waals surface area contributed by atoms with Crippen molar-refractivity contribution in [3.05, 3.63) is 58.9 Å². The topological polar surface area (TPSA) is 91.4 Å². The minimum atomic E-state index is -0.633. The molecule has 2 aromatic carbocycles. The summed E-state index contributed by atoms with van der Waals surface area (Å²) in [7, 11) is 0. The van der Waals surface area contributed by atoms with E-state index in [2.05, 4.69) is 10.2 Å². The Hall–Kier alpha value is -3.37. The zero-order valence-corrected chi connectivity index (χ0v) is 23.3. The maximum absolute atomic E-state index is 13.5. The fraction of sp³-hybridized carbons (Fsp3) is 0.464. The molecule has 39 heavy (non-hydrogen) atoms. The molecular weight excluding hydrogens is 527 g/mol. The van der Waals surface area contributed by atoms with Gasteiger partial charge >= 0.3 is 6.09 Å². The number of piperazine rings is 2. The SMILES string of the molecule is CC(=O)Nc1cc(Cl)ccc1OCC(=O)N1C2CN(Cc3ccc(F)cc3)CC1CN(C(=O)OC(C)(C)C)C2. The van der Waals surface area contributed by atoms with Crippen LogP contribution in [0.2, 0.25) is 5.02 Å². The normalized spacial score (nSPS) is 19.4. The van der Waals surface area contributed by atoms with E-state index in [-0.39, 0.29) is 36.3 Å². The lowest BCUT2D eigenvalue weighted by atomic mass is 9.99. The third-order valence-electron chi connectivity index (χ3n) is 6.45. The van der Waals surface area contributed by atoms with Crippen LogP contribution in [0.25, 0.3) is 0 Å². The smallest absolute Gasteiger partial charge is 0.410 e. The molecule has 4 rings (SSSR count). The average molecular weight is 561 g/mol. The number of carbonyl (C=O) groups excluding carboxylic acids is 3. The summed E-state index contributed by atoms with van der Waals surface area (Å²) >= 11 is 6.06. The summed E-state index contributed by atoms with van der Waals surface area (Å²) in [4.78, 5) is 43.6. The highest BCUT2D eigenvalue weighted by atomic mass is 35.5. The number of hydrogen-bond donors (Lipinski definition) is 1. The summed E-state index contributed by atoms with van der Waals surface area (Å²) in [5.41, 5.74) is 0.712. The predicted molar refractivity (Wildman–Crippen MR) is 145 cm³/mol. The molecule has 0 radical (unpaired) electrons. The van der Waals surface area contributed by atoms with Crippen LogP contribution >= 0.6 is 11.6 Å². The van der Waals surface area contributed by atoms with Gasteiger partial charge in [-0.3, -0.25) is 14.5 Å². The van der Waals surface area contributed by atoms with Gasteiger partial charge in [0.25, 0.3) is 5.91 Å². The van der Waals surface area contributed by atoms with Crippen LogP contribution in [-0.4, -0.2) is 83.1 Å². The molecule has 2 aliphatic rings. The number of nitrogens with one attached hydrogen (secondary N) is 1. The predicted octanol–water partition coefficient (Wildman–Crippen LogP) is 4.15. The summed E-state index contributed by atoms with van der Waals surface area (Å²) in [5.74, 6) is -0.471. The molecule has 0 saturated carbocycles. The summed E-state index contributed by atoms with van der Waals surface area (Å²) in [6, 6.07) is 10.6. The fourth-order valence-electron chi connectivity index (χ4n) is 5.01. The number of anilines is 1. The standard InChI is InChI=1S/C28H34ClFN4O5/c1-18(35)31-24-11-20(29)7-10-25(24)38-17-26(36)34-22-13-32(12-19-5-8-21(30)9-6-19)14-23(34)16-33(15-22)27(37)39-28(2,3)4/h5-11,22-23H,12-17H2,1-4H3,(H,31,35). The molecule has 210 valence electrons. The van der Waals surface area contributed by atoms with E-state index in [1.54, 1.807) is 40.1 Å². The molecule has 2 heterocycles. The lowest BCUT2D eigenvalue weighted by molar-refractivity contribution is -0.148. The Balaban J connectivity index is 1.48. The van der Waals surface area contributed by atoms with Gasteiger partial charge in [-0.15, -0.1) is 0 Å². The molecule has 2 atom stereocenters. The molecule has 2 aliphatic heterocycles. The molecule has 2 bridgehead atoms. The molecule has 11 heteroatoms. The second kappa shape index (κ2) is 11.8. The molecule has 0 spiro atoms. The molecule has 3 amide bonds. The number of rotatable bonds is 6. The molecule has 2 saturated heterocycles. The number of amides is 3. The lowest BCUT2D eigenvalue weighted by Gasteiger charge is -2.53. The fourth-order valence-corrected chi connectivity index (χ4v) is 5.18. The Morgan fingerprint density at radius 2 is 1.67 bits per heavy atom. The van der Waals surface area contributed by atoms with Gasteiger partial charge in [-0.2, -0.15) is 0 Å². The highest BCUT2D eigenvalue weighted by molar-refractivity contribution is 6.31. The summed E-state index contributed by atoms with van der Waals surface area (Å²) in [5, 5.41) is 3.09. The third-order valence-corrected chi connectivity index (χ3v) is 6.68. The maximum Gasteiger partial charge on any atom is 0.410 e. The van der Waals surface area contributed by atoms with Crippen LogP contribution in [0, 0.1) is 5.82 Å². The van der Waals surface area contributed by atoms with E-state index in [0.29, 0.717) is 49.2 Å². The first kappa shape index (κ1) is 28.6. The molecular formula is C28H34ClFN4O5. The van der Waals surface area contributed by atoms with Crippen LogP contribution in [0.1, 0.15) is 33.3 Å². The van der Waals surface area contributed by atoms with E-state index in [9.17, 15) is 18.8 Å². The van der Waals surface area contributed by atoms with Crippen LogP contribution in [0.5, 0.6) is 5.75 Å². The Kier molecular flexibility index (Phi) is 8.66. The second-order valence-electron chi connectivity index (χ2n) is 10.9. The van der Waals surface area contributed by atoms with E-state index in [0.717, 1.165) is 5.56 Å². The first-order chi connectivity index (χ1) is 18.4. The number of fused-ring (bicyclic) bond motifs is 2. The lowest BCUT2D eigenvalue weighted by Crippen LogP contribution is -2.70. The summed E-state index contributed by atoms with van der Waals surface area (Å²) < 4.78 is 24.8. The number of nitrogens with zero attached hydrogens (tertiary/aromatic N) is 3. The molecule has 1 N–H and O–H groups in total. The Bertz CT molecular complexity index is 1200. The van der Waals surface area contributed by atoms with Crippen molar-refractivity contribution in [2.45, 2.75) is 51.9 Å². The number of benzene rings is 2. The highest BCUT2D eigenvalue weighted by Crippen LogP contribution is 2.30. The number of halogens is 2. The summed E-state index contributed by atoms with van der Waals surface area (Å²) in [6.07, 6.45) is -0.408. The number of carbonyl (C=O) groups is 3. The minimum absolute atomic E-state index is 0.223. The molecule has 0 aromatic heterocycles. The van der Waals surface area contributed by atoms with Crippen LogP contribution in [0.4, 0.5) is 14.9 Å². The number of hydrogen-bond acceptors (Lipinski definition) is 6. The van der Waals surface area contributed by atoms with E-state index in [1.165, 1.54) is 19.1 Å². The van der Waals surface area contributed by atoms with Crippen molar-refractivity contribution < 1.29 is 28.2 Å². The summed E-state index contributed by atoms with van der Waals surface area (Å²) in [6.45, 7) is 8.86.